The van der Waals surface area contributed by atoms with Crippen molar-refractivity contribution in [1.82, 2.24) is 4.90 Å². The standard InChI is InChI=1S/C10H15N11O2/c11-17-14-4-7-1-10(21(22)23)2-8(5-15-18-12)20(7)9(3-10)6-16-19-13/h7-9H,1-6H2. The van der Waals surface area contributed by atoms with Crippen molar-refractivity contribution in [3.8, 4) is 0 Å². The van der Waals surface area contributed by atoms with Gasteiger partial charge in [-0.1, -0.05) is 15.3 Å². The van der Waals surface area contributed by atoms with Crippen LogP contribution in [0.2, 0.25) is 0 Å². The average molecular weight is 321 g/mol. The molecular weight excluding hydrogens is 306 g/mol. The molecule has 3 rings (SSSR count). The summed E-state index contributed by atoms with van der Waals surface area (Å²) in [6.45, 7) is 0.267. The molecule has 0 aromatic carbocycles. The third-order valence-electron chi connectivity index (χ3n) is 4.57. The first-order chi connectivity index (χ1) is 11.1. The van der Waals surface area contributed by atoms with E-state index >= 15 is 0 Å². The van der Waals surface area contributed by atoms with E-state index in [1.807, 2.05) is 4.90 Å². The molecule has 0 aromatic rings. The quantitative estimate of drug-likeness (QED) is 0.229. The van der Waals surface area contributed by atoms with Crippen LogP contribution < -0.4 is 0 Å². The molecule has 2 bridgehead atoms. The molecule has 3 saturated heterocycles. The largest absolute Gasteiger partial charge is 0.293 e. The first kappa shape index (κ1) is 16.7. The van der Waals surface area contributed by atoms with Gasteiger partial charge in [0.1, 0.15) is 0 Å². The van der Waals surface area contributed by atoms with Crippen molar-refractivity contribution >= 4 is 0 Å². The van der Waals surface area contributed by atoms with Crippen molar-refractivity contribution in [3.05, 3.63) is 41.4 Å². The molecule has 23 heavy (non-hydrogen) atoms. The minimum atomic E-state index is -1.17. The van der Waals surface area contributed by atoms with E-state index in [1.165, 1.54) is 0 Å². The molecule has 3 heterocycles. The summed E-state index contributed by atoms with van der Waals surface area (Å²) in [5.41, 5.74) is 24.4. The highest BCUT2D eigenvalue weighted by molar-refractivity contribution is 5.08. The number of piperidine rings is 3. The number of hydrogen-bond acceptors (Lipinski definition) is 6. The van der Waals surface area contributed by atoms with Crippen LogP contribution in [0.15, 0.2) is 15.3 Å². The number of azide groups is 3. The van der Waals surface area contributed by atoms with Gasteiger partial charge in [-0.25, -0.2) is 0 Å². The molecule has 0 spiro atoms. The molecule has 3 unspecified atom stereocenters. The number of rotatable bonds is 7. The zero-order valence-corrected chi connectivity index (χ0v) is 12.2. The van der Waals surface area contributed by atoms with Crippen molar-refractivity contribution in [1.29, 1.82) is 0 Å². The molecule has 0 aliphatic carbocycles. The molecule has 0 amide bonds. The van der Waals surface area contributed by atoms with E-state index in [1.54, 1.807) is 0 Å². The Morgan fingerprint density at radius 2 is 1.30 bits per heavy atom. The lowest BCUT2D eigenvalue weighted by Gasteiger charge is -2.56. The lowest BCUT2D eigenvalue weighted by atomic mass is 9.69. The Morgan fingerprint density at radius 3 is 1.57 bits per heavy atom. The van der Waals surface area contributed by atoms with E-state index in [-0.39, 0.29) is 61.9 Å². The molecule has 13 heteroatoms. The molecule has 13 nitrogen and oxygen atoms in total. The zero-order chi connectivity index (χ0) is 16.9. The molecular formula is C10H15N11O2. The summed E-state index contributed by atoms with van der Waals surface area (Å²) in [5, 5.41) is 22.3. The van der Waals surface area contributed by atoms with E-state index in [4.69, 9.17) is 16.6 Å². The summed E-state index contributed by atoms with van der Waals surface area (Å²) in [7, 11) is 0. The van der Waals surface area contributed by atoms with Crippen molar-refractivity contribution in [2.75, 3.05) is 19.6 Å². The van der Waals surface area contributed by atoms with Crippen LogP contribution in [0.25, 0.3) is 31.3 Å². The molecule has 0 N–H and O–H groups in total. The summed E-state index contributed by atoms with van der Waals surface area (Å²) in [6.07, 6.45) is 0.787. The Labute approximate surface area is 130 Å². The normalized spacial score (nSPS) is 34.6. The van der Waals surface area contributed by atoms with E-state index < -0.39 is 5.54 Å². The monoisotopic (exact) mass is 321 g/mol. The van der Waals surface area contributed by atoms with E-state index in [2.05, 4.69) is 30.1 Å². The molecule has 3 fully saturated rings. The van der Waals surface area contributed by atoms with Crippen LogP contribution in [0, 0.1) is 10.1 Å². The van der Waals surface area contributed by atoms with Gasteiger partial charge in [-0.2, -0.15) is 0 Å². The van der Waals surface area contributed by atoms with Crippen molar-refractivity contribution in [2.45, 2.75) is 42.9 Å². The fraction of sp³-hybridized carbons (Fsp3) is 1.00. The van der Waals surface area contributed by atoms with Crippen LogP contribution >= 0.6 is 0 Å². The third kappa shape index (κ3) is 3.22. The van der Waals surface area contributed by atoms with E-state index in [0.29, 0.717) is 0 Å². The molecule has 0 saturated carbocycles. The van der Waals surface area contributed by atoms with Gasteiger partial charge in [-0.05, 0) is 16.6 Å². The fourth-order valence-electron chi connectivity index (χ4n) is 3.87. The predicted molar refractivity (Wildman–Crippen MR) is 78.8 cm³/mol. The van der Waals surface area contributed by atoms with Crippen LogP contribution in [-0.2, 0) is 0 Å². The van der Waals surface area contributed by atoms with Gasteiger partial charge < -0.3 is 0 Å². The van der Waals surface area contributed by atoms with Crippen molar-refractivity contribution in [2.24, 2.45) is 15.3 Å². The van der Waals surface area contributed by atoms with Gasteiger partial charge in [0.15, 0.2) is 0 Å². The van der Waals surface area contributed by atoms with Gasteiger partial charge in [0.2, 0.25) is 5.54 Å². The smallest absolute Gasteiger partial charge is 0.226 e. The molecule has 0 radical (unpaired) electrons. The van der Waals surface area contributed by atoms with Crippen molar-refractivity contribution in [3.63, 3.8) is 0 Å². The molecule has 3 atom stereocenters. The zero-order valence-electron chi connectivity index (χ0n) is 12.2. The maximum absolute atomic E-state index is 11.7. The first-order valence-corrected chi connectivity index (χ1v) is 7.02. The average Bonchev–Trinajstić information content (AvgIpc) is 2.56. The Morgan fingerprint density at radius 1 is 0.957 bits per heavy atom. The summed E-state index contributed by atoms with van der Waals surface area (Å²) in [5.74, 6) is 0. The molecule has 3 aliphatic heterocycles. The topological polar surface area (TPSA) is 193 Å². The van der Waals surface area contributed by atoms with Gasteiger partial charge in [-0.3, -0.25) is 15.0 Å². The van der Waals surface area contributed by atoms with E-state index in [9.17, 15) is 10.1 Å². The fourth-order valence-corrected chi connectivity index (χ4v) is 3.87. The lowest BCUT2D eigenvalue weighted by Crippen LogP contribution is -2.70. The van der Waals surface area contributed by atoms with Gasteiger partial charge in [0.25, 0.3) is 0 Å². The summed E-state index contributed by atoms with van der Waals surface area (Å²) in [6, 6.07) is -1.01. The van der Waals surface area contributed by atoms with Gasteiger partial charge in [0.05, 0.1) is 0 Å². The molecule has 122 valence electrons. The summed E-state index contributed by atoms with van der Waals surface area (Å²) < 4.78 is 0. The van der Waals surface area contributed by atoms with Crippen LogP contribution in [-0.4, -0.2) is 53.1 Å². The van der Waals surface area contributed by atoms with Crippen LogP contribution in [0.5, 0.6) is 0 Å². The van der Waals surface area contributed by atoms with Gasteiger partial charge in [-0.15, -0.1) is 0 Å². The first-order valence-electron chi connectivity index (χ1n) is 7.02. The Kier molecular flexibility index (Phi) is 5.09. The van der Waals surface area contributed by atoms with Gasteiger partial charge >= 0.3 is 0 Å². The minimum absolute atomic E-state index is 0.0889. The highest BCUT2D eigenvalue weighted by atomic mass is 16.6. The highest BCUT2D eigenvalue weighted by Crippen LogP contribution is 2.45. The highest BCUT2D eigenvalue weighted by Gasteiger charge is 2.60. The van der Waals surface area contributed by atoms with Crippen LogP contribution in [0.1, 0.15) is 19.3 Å². The maximum atomic E-state index is 11.7. The number of hydrogen-bond donors (Lipinski definition) is 0. The second-order valence-electron chi connectivity index (χ2n) is 5.74. The maximum Gasteiger partial charge on any atom is 0.226 e. The Hall–Kier alpha value is -2.71. The summed E-state index contributed by atoms with van der Waals surface area (Å²) >= 11 is 0. The third-order valence-corrected chi connectivity index (χ3v) is 4.57. The number of fused-ring (bicyclic) bond motifs is 3. The van der Waals surface area contributed by atoms with Crippen molar-refractivity contribution < 1.29 is 4.92 Å². The Balaban J connectivity index is 2.38. The van der Waals surface area contributed by atoms with Crippen LogP contribution in [0.4, 0.5) is 0 Å². The van der Waals surface area contributed by atoms with Gasteiger partial charge in [0, 0.05) is 76.7 Å². The number of nitrogens with zero attached hydrogens (tertiary/aromatic N) is 11. The lowest BCUT2D eigenvalue weighted by molar-refractivity contribution is -0.588. The van der Waals surface area contributed by atoms with Crippen LogP contribution in [0.3, 0.4) is 0 Å². The molecule has 0 aromatic heterocycles. The second-order valence-corrected chi connectivity index (χ2v) is 5.74. The Bertz CT molecular complexity index is 542. The summed E-state index contributed by atoms with van der Waals surface area (Å²) in [4.78, 5) is 21.5. The molecule has 3 aliphatic rings. The SMILES string of the molecule is [N-]=[N+]=NCC1CC2([N+](=O)[O-])CC(CN=[N+]=[N-])N1C(CN=[N+]=[N-])C2. The second kappa shape index (κ2) is 7.03. The van der Waals surface area contributed by atoms with E-state index in [0.717, 1.165) is 0 Å². The minimum Gasteiger partial charge on any atom is -0.293 e. The number of nitro groups is 1. The predicted octanol–water partition coefficient (Wildman–Crippen LogP) is 2.54.